The summed E-state index contributed by atoms with van der Waals surface area (Å²) in [6, 6.07) is 18.8. The lowest BCUT2D eigenvalue weighted by molar-refractivity contribution is -0.128. The Bertz CT molecular complexity index is 1090. The van der Waals surface area contributed by atoms with E-state index in [0.717, 1.165) is 16.3 Å². The van der Waals surface area contributed by atoms with Crippen molar-refractivity contribution in [2.45, 2.75) is 0 Å². The molecule has 0 aromatic heterocycles. The standard InChI is InChI=1S/C22H18N2O5/c25-21(10-6-15-5-9-19-20(11-15)29-14-28-19)23-24-22(26)13-27-18-8-7-16-3-1-2-4-17(16)12-18/h1-12H,13-14H2,(H,23,25)(H,24,26). The fraction of sp³-hybridized carbons (Fsp3) is 0.0909. The number of hydrogen-bond acceptors (Lipinski definition) is 5. The minimum atomic E-state index is -0.471. The summed E-state index contributed by atoms with van der Waals surface area (Å²) in [5.41, 5.74) is 5.39. The molecule has 3 aromatic carbocycles. The van der Waals surface area contributed by atoms with E-state index in [9.17, 15) is 9.59 Å². The molecule has 0 unspecified atom stereocenters. The van der Waals surface area contributed by atoms with Crippen molar-refractivity contribution in [3.05, 3.63) is 72.3 Å². The first kappa shape index (κ1) is 18.4. The molecule has 7 nitrogen and oxygen atoms in total. The average molecular weight is 390 g/mol. The molecule has 0 saturated heterocycles. The number of hydrogen-bond donors (Lipinski definition) is 2. The molecule has 0 radical (unpaired) electrons. The third kappa shape index (κ3) is 4.65. The molecule has 2 N–H and O–H groups in total. The van der Waals surface area contributed by atoms with Crippen LogP contribution in [0.1, 0.15) is 5.56 Å². The molecule has 0 bridgehead atoms. The first-order valence-electron chi connectivity index (χ1n) is 8.95. The predicted octanol–water partition coefficient (Wildman–Crippen LogP) is 2.81. The lowest BCUT2D eigenvalue weighted by Crippen LogP contribution is -2.43. The SMILES string of the molecule is O=C(C=Cc1ccc2c(c1)OCO2)NNC(=O)COc1ccc2ccccc2c1. The molecular formula is C22H18N2O5. The molecule has 0 spiro atoms. The molecule has 0 atom stereocenters. The summed E-state index contributed by atoms with van der Waals surface area (Å²) in [6.45, 7) is -0.0270. The minimum absolute atomic E-state index is 0.191. The third-order valence-electron chi connectivity index (χ3n) is 4.24. The molecule has 0 aliphatic carbocycles. The van der Waals surface area contributed by atoms with Gasteiger partial charge in [-0.3, -0.25) is 20.4 Å². The van der Waals surface area contributed by atoms with Gasteiger partial charge in [-0.2, -0.15) is 0 Å². The van der Waals surface area contributed by atoms with Gasteiger partial charge in [0.1, 0.15) is 5.75 Å². The zero-order valence-electron chi connectivity index (χ0n) is 15.4. The maximum atomic E-state index is 11.9. The molecule has 1 heterocycles. The van der Waals surface area contributed by atoms with Crippen LogP contribution in [-0.2, 0) is 9.59 Å². The van der Waals surface area contributed by atoms with Crippen LogP contribution in [0.15, 0.2) is 66.7 Å². The van der Waals surface area contributed by atoms with Gasteiger partial charge in [0.15, 0.2) is 18.1 Å². The van der Waals surface area contributed by atoms with Gasteiger partial charge in [-0.05, 0) is 46.7 Å². The topological polar surface area (TPSA) is 85.9 Å². The van der Waals surface area contributed by atoms with Gasteiger partial charge < -0.3 is 14.2 Å². The number of carbonyl (C=O) groups excluding carboxylic acids is 2. The summed E-state index contributed by atoms with van der Waals surface area (Å²) < 4.78 is 16.0. The maximum Gasteiger partial charge on any atom is 0.276 e. The van der Waals surface area contributed by atoms with Crippen LogP contribution in [0.2, 0.25) is 0 Å². The number of nitrogens with one attached hydrogen (secondary N) is 2. The summed E-state index contributed by atoms with van der Waals surface area (Å²) in [5, 5.41) is 2.11. The van der Waals surface area contributed by atoms with Crippen molar-refractivity contribution in [2.24, 2.45) is 0 Å². The van der Waals surface area contributed by atoms with Crippen molar-refractivity contribution in [3.8, 4) is 17.2 Å². The van der Waals surface area contributed by atoms with Gasteiger partial charge in [0.2, 0.25) is 6.79 Å². The highest BCUT2D eigenvalue weighted by Gasteiger charge is 2.12. The molecule has 146 valence electrons. The van der Waals surface area contributed by atoms with E-state index in [1.54, 1.807) is 30.3 Å². The van der Waals surface area contributed by atoms with Gasteiger partial charge >= 0.3 is 0 Å². The van der Waals surface area contributed by atoms with Gasteiger partial charge in [0.25, 0.3) is 11.8 Å². The Labute approximate surface area is 166 Å². The Morgan fingerprint density at radius 2 is 1.76 bits per heavy atom. The number of ether oxygens (including phenoxy) is 3. The molecule has 0 saturated carbocycles. The van der Waals surface area contributed by atoms with E-state index in [1.807, 2.05) is 36.4 Å². The highest BCUT2D eigenvalue weighted by atomic mass is 16.7. The van der Waals surface area contributed by atoms with E-state index in [-0.39, 0.29) is 13.4 Å². The Hall–Kier alpha value is -4.00. The number of fused-ring (bicyclic) bond motifs is 2. The normalized spacial score (nSPS) is 12.1. The average Bonchev–Trinajstić information content (AvgIpc) is 3.22. The van der Waals surface area contributed by atoms with Gasteiger partial charge in [-0.25, -0.2) is 0 Å². The van der Waals surface area contributed by atoms with Crippen LogP contribution in [-0.4, -0.2) is 25.2 Å². The summed E-state index contributed by atoms with van der Waals surface area (Å²) in [6.07, 6.45) is 2.91. The van der Waals surface area contributed by atoms with Crippen molar-refractivity contribution in [3.63, 3.8) is 0 Å². The lowest BCUT2D eigenvalue weighted by atomic mass is 10.1. The molecule has 1 aliphatic heterocycles. The van der Waals surface area contributed by atoms with Crippen molar-refractivity contribution in [2.75, 3.05) is 13.4 Å². The second-order valence-corrected chi connectivity index (χ2v) is 6.28. The number of benzene rings is 3. The highest BCUT2D eigenvalue weighted by molar-refractivity contribution is 5.93. The predicted molar refractivity (Wildman–Crippen MR) is 107 cm³/mol. The first-order valence-corrected chi connectivity index (χ1v) is 8.95. The molecule has 0 fully saturated rings. The molecule has 4 rings (SSSR count). The number of carbonyl (C=O) groups is 2. The van der Waals surface area contributed by atoms with Crippen LogP contribution < -0.4 is 25.1 Å². The third-order valence-corrected chi connectivity index (χ3v) is 4.24. The van der Waals surface area contributed by atoms with E-state index in [0.29, 0.717) is 17.2 Å². The minimum Gasteiger partial charge on any atom is -0.484 e. The zero-order chi connectivity index (χ0) is 20.1. The van der Waals surface area contributed by atoms with Crippen LogP contribution >= 0.6 is 0 Å². The zero-order valence-corrected chi connectivity index (χ0v) is 15.4. The van der Waals surface area contributed by atoms with Crippen molar-refractivity contribution >= 4 is 28.7 Å². The van der Waals surface area contributed by atoms with Crippen LogP contribution in [0.3, 0.4) is 0 Å². The first-order chi connectivity index (χ1) is 14.2. The van der Waals surface area contributed by atoms with Crippen molar-refractivity contribution in [1.29, 1.82) is 0 Å². The highest BCUT2D eigenvalue weighted by Crippen LogP contribution is 2.32. The summed E-state index contributed by atoms with van der Waals surface area (Å²) in [4.78, 5) is 23.7. The summed E-state index contributed by atoms with van der Waals surface area (Å²) >= 11 is 0. The van der Waals surface area contributed by atoms with Gasteiger partial charge in [0.05, 0.1) is 0 Å². The largest absolute Gasteiger partial charge is 0.484 e. The Balaban J connectivity index is 1.24. The molecule has 1 aliphatic rings. The summed E-state index contributed by atoms with van der Waals surface area (Å²) in [5.74, 6) is 0.939. The molecular weight excluding hydrogens is 372 g/mol. The lowest BCUT2D eigenvalue weighted by Gasteiger charge is -2.08. The van der Waals surface area contributed by atoms with Gasteiger partial charge in [-0.15, -0.1) is 0 Å². The molecule has 3 aromatic rings. The van der Waals surface area contributed by atoms with E-state index in [2.05, 4.69) is 10.9 Å². The number of amides is 2. The second-order valence-electron chi connectivity index (χ2n) is 6.28. The second kappa shape index (κ2) is 8.35. The monoisotopic (exact) mass is 390 g/mol. The van der Waals surface area contributed by atoms with Crippen LogP contribution in [0.25, 0.3) is 16.8 Å². The summed E-state index contributed by atoms with van der Waals surface area (Å²) in [7, 11) is 0. The maximum absolute atomic E-state index is 11.9. The van der Waals surface area contributed by atoms with Gasteiger partial charge in [-0.1, -0.05) is 36.4 Å². The Morgan fingerprint density at radius 1 is 0.931 bits per heavy atom. The van der Waals surface area contributed by atoms with E-state index >= 15 is 0 Å². The molecule has 2 amide bonds. The fourth-order valence-electron chi connectivity index (χ4n) is 2.80. The van der Waals surface area contributed by atoms with Crippen LogP contribution in [0.5, 0.6) is 17.2 Å². The van der Waals surface area contributed by atoms with Crippen LogP contribution in [0.4, 0.5) is 0 Å². The van der Waals surface area contributed by atoms with Gasteiger partial charge in [0, 0.05) is 6.08 Å². The van der Waals surface area contributed by atoms with E-state index < -0.39 is 11.8 Å². The smallest absolute Gasteiger partial charge is 0.276 e. The quantitative estimate of drug-likeness (QED) is 0.517. The van der Waals surface area contributed by atoms with E-state index in [1.165, 1.54) is 6.08 Å². The number of rotatable bonds is 5. The molecule has 7 heteroatoms. The van der Waals surface area contributed by atoms with Crippen molar-refractivity contribution < 1.29 is 23.8 Å². The Morgan fingerprint density at radius 3 is 2.66 bits per heavy atom. The number of hydrazine groups is 1. The Kier molecular flexibility index (Phi) is 5.29. The fourth-order valence-corrected chi connectivity index (χ4v) is 2.80. The van der Waals surface area contributed by atoms with Crippen LogP contribution in [0, 0.1) is 0 Å². The van der Waals surface area contributed by atoms with E-state index in [4.69, 9.17) is 14.2 Å². The molecule has 29 heavy (non-hydrogen) atoms. The van der Waals surface area contributed by atoms with Crippen molar-refractivity contribution in [1.82, 2.24) is 10.9 Å².